The second-order valence-corrected chi connectivity index (χ2v) is 6.31. The Balaban J connectivity index is 1.73. The SMILES string of the molecule is CC1CN(C(=O)CCC2CCCCC2)CC(C)N1. The molecule has 2 atom stereocenters. The second-order valence-electron chi connectivity index (χ2n) is 6.31. The minimum atomic E-state index is 0.376. The maximum absolute atomic E-state index is 12.2. The number of nitrogens with zero attached hydrogens (tertiary/aromatic N) is 1. The van der Waals surface area contributed by atoms with Crippen LogP contribution in [-0.2, 0) is 4.79 Å². The topological polar surface area (TPSA) is 32.3 Å². The molecule has 1 aliphatic carbocycles. The maximum atomic E-state index is 12.2. The maximum Gasteiger partial charge on any atom is 0.222 e. The first-order valence-corrected chi connectivity index (χ1v) is 7.69. The van der Waals surface area contributed by atoms with E-state index in [1.807, 2.05) is 0 Å². The third kappa shape index (κ3) is 3.98. The highest BCUT2D eigenvalue weighted by Gasteiger charge is 2.25. The summed E-state index contributed by atoms with van der Waals surface area (Å²) in [5.74, 6) is 1.20. The molecule has 0 spiro atoms. The monoisotopic (exact) mass is 252 g/mol. The molecular formula is C15H28N2O. The highest BCUT2D eigenvalue weighted by molar-refractivity contribution is 5.76. The molecule has 2 aliphatic rings. The van der Waals surface area contributed by atoms with Crippen LogP contribution in [-0.4, -0.2) is 36.0 Å². The molecule has 2 fully saturated rings. The van der Waals surface area contributed by atoms with Gasteiger partial charge in [-0.3, -0.25) is 4.79 Å². The molecule has 3 nitrogen and oxygen atoms in total. The van der Waals surface area contributed by atoms with Crippen LogP contribution < -0.4 is 5.32 Å². The van der Waals surface area contributed by atoms with E-state index in [-0.39, 0.29) is 0 Å². The summed E-state index contributed by atoms with van der Waals surface area (Å²) in [6, 6.07) is 0.875. The molecule has 0 radical (unpaired) electrons. The lowest BCUT2D eigenvalue weighted by molar-refractivity contribution is -0.133. The van der Waals surface area contributed by atoms with Gasteiger partial charge < -0.3 is 10.2 Å². The summed E-state index contributed by atoms with van der Waals surface area (Å²) in [6.07, 6.45) is 8.73. The van der Waals surface area contributed by atoms with Crippen LogP contribution in [0.1, 0.15) is 58.8 Å². The molecule has 2 unspecified atom stereocenters. The molecular weight excluding hydrogens is 224 g/mol. The van der Waals surface area contributed by atoms with E-state index >= 15 is 0 Å². The fourth-order valence-corrected chi connectivity index (χ4v) is 3.49. The second kappa shape index (κ2) is 6.55. The van der Waals surface area contributed by atoms with Crippen LogP contribution in [0.4, 0.5) is 0 Å². The third-order valence-electron chi connectivity index (χ3n) is 4.40. The lowest BCUT2D eigenvalue weighted by Gasteiger charge is -2.36. The predicted molar refractivity (Wildman–Crippen MR) is 74.4 cm³/mol. The van der Waals surface area contributed by atoms with Crippen LogP contribution in [0.15, 0.2) is 0 Å². The van der Waals surface area contributed by atoms with E-state index in [1.165, 1.54) is 32.1 Å². The molecule has 1 saturated heterocycles. The minimum Gasteiger partial charge on any atom is -0.340 e. The normalized spacial score (nSPS) is 30.4. The number of carbonyl (C=O) groups excluding carboxylic acids is 1. The summed E-state index contributed by atoms with van der Waals surface area (Å²) in [5.41, 5.74) is 0. The molecule has 1 amide bonds. The molecule has 104 valence electrons. The highest BCUT2D eigenvalue weighted by Crippen LogP contribution is 2.27. The standard InChI is InChI=1S/C15H28N2O/c1-12-10-17(11-13(2)16-12)15(18)9-8-14-6-4-3-5-7-14/h12-14,16H,3-11H2,1-2H3. The Morgan fingerprint density at radius 1 is 1.11 bits per heavy atom. The summed E-state index contributed by atoms with van der Waals surface area (Å²) >= 11 is 0. The molecule has 0 aromatic carbocycles. The Bertz CT molecular complexity index is 264. The van der Waals surface area contributed by atoms with Crippen molar-refractivity contribution in [3.8, 4) is 0 Å². The quantitative estimate of drug-likeness (QED) is 0.837. The van der Waals surface area contributed by atoms with Crippen LogP contribution >= 0.6 is 0 Å². The van der Waals surface area contributed by atoms with Gasteiger partial charge in [-0.15, -0.1) is 0 Å². The van der Waals surface area contributed by atoms with E-state index in [9.17, 15) is 4.79 Å². The van der Waals surface area contributed by atoms with E-state index in [4.69, 9.17) is 0 Å². The van der Waals surface area contributed by atoms with Crippen molar-refractivity contribution in [3.05, 3.63) is 0 Å². The van der Waals surface area contributed by atoms with Crippen molar-refractivity contribution in [2.75, 3.05) is 13.1 Å². The molecule has 0 bridgehead atoms. The zero-order chi connectivity index (χ0) is 13.0. The van der Waals surface area contributed by atoms with Gasteiger partial charge >= 0.3 is 0 Å². The third-order valence-corrected chi connectivity index (χ3v) is 4.40. The van der Waals surface area contributed by atoms with Gasteiger partial charge in [0.05, 0.1) is 0 Å². The Hall–Kier alpha value is -0.570. The number of hydrogen-bond acceptors (Lipinski definition) is 2. The Labute approximate surface area is 111 Å². The van der Waals surface area contributed by atoms with Crippen molar-refractivity contribution >= 4 is 5.91 Å². The van der Waals surface area contributed by atoms with Crippen LogP contribution in [0.2, 0.25) is 0 Å². The fourth-order valence-electron chi connectivity index (χ4n) is 3.49. The van der Waals surface area contributed by atoms with E-state index in [1.54, 1.807) is 0 Å². The Morgan fingerprint density at radius 3 is 2.33 bits per heavy atom. The molecule has 0 aromatic heterocycles. The summed E-state index contributed by atoms with van der Waals surface area (Å²) in [4.78, 5) is 14.3. The predicted octanol–water partition coefficient (Wildman–Crippen LogP) is 2.56. The van der Waals surface area contributed by atoms with Gasteiger partial charge in [-0.2, -0.15) is 0 Å². The fraction of sp³-hybridized carbons (Fsp3) is 0.933. The highest BCUT2D eigenvalue weighted by atomic mass is 16.2. The number of carbonyl (C=O) groups is 1. The summed E-state index contributed by atoms with van der Waals surface area (Å²) < 4.78 is 0. The summed E-state index contributed by atoms with van der Waals surface area (Å²) in [6.45, 7) is 6.09. The van der Waals surface area contributed by atoms with Crippen LogP contribution in [0, 0.1) is 5.92 Å². The summed E-state index contributed by atoms with van der Waals surface area (Å²) in [7, 11) is 0. The average Bonchev–Trinajstić information content (AvgIpc) is 2.36. The number of amides is 1. The van der Waals surface area contributed by atoms with Gasteiger partial charge in [-0.05, 0) is 26.2 Å². The van der Waals surface area contributed by atoms with Gasteiger partial charge in [0.25, 0.3) is 0 Å². The Morgan fingerprint density at radius 2 is 1.72 bits per heavy atom. The minimum absolute atomic E-state index is 0.376. The molecule has 1 saturated carbocycles. The van der Waals surface area contributed by atoms with Gasteiger partial charge in [-0.1, -0.05) is 32.1 Å². The largest absolute Gasteiger partial charge is 0.340 e. The number of nitrogens with one attached hydrogen (secondary N) is 1. The number of hydrogen-bond donors (Lipinski definition) is 1. The van der Waals surface area contributed by atoms with Crippen LogP contribution in [0.25, 0.3) is 0 Å². The van der Waals surface area contributed by atoms with Crippen molar-refractivity contribution in [2.24, 2.45) is 5.92 Å². The first kappa shape index (κ1) is 13.9. The van der Waals surface area contributed by atoms with Crippen LogP contribution in [0.3, 0.4) is 0 Å². The zero-order valence-electron chi connectivity index (χ0n) is 12.0. The van der Waals surface area contributed by atoms with E-state index in [0.29, 0.717) is 18.0 Å². The molecule has 1 heterocycles. The van der Waals surface area contributed by atoms with Crippen molar-refractivity contribution in [1.82, 2.24) is 10.2 Å². The van der Waals surface area contributed by atoms with E-state index in [0.717, 1.165) is 31.8 Å². The van der Waals surface area contributed by atoms with Crippen LogP contribution in [0.5, 0.6) is 0 Å². The van der Waals surface area contributed by atoms with Crippen molar-refractivity contribution in [3.63, 3.8) is 0 Å². The average molecular weight is 252 g/mol. The number of piperazine rings is 1. The van der Waals surface area contributed by atoms with Gasteiger partial charge in [0.2, 0.25) is 5.91 Å². The lowest BCUT2D eigenvalue weighted by Crippen LogP contribution is -2.55. The van der Waals surface area contributed by atoms with Gasteiger partial charge in [-0.25, -0.2) is 0 Å². The van der Waals surface area contributed by atoms with Gasteiger partial charge in [0.15, 0.2) is 0 Å². The van der Waals surface area contributed by atoms with E-state index in [2.05, 4.69) is 24.1 Å². The van der Waals surface area contributed by atoms with Crippen molar-refractivity contribution in [2.45, 2.75) is 70.9 Å². The first-order valence-electron chi connectivity index (χ1n) is 7.69. The molecule has 3 heteroatoms. The van der Waals surface area contributed by atoms with E-state index < -0.39 is 0 Å². The number of rotatable bonds is 3. The first-order chi connectivity index (χ1) is 8.65. The smallest absolute Gasteiger partial charge is 0.222 e. The molecule has 0 aromatic rings. The van der Waals surface area contributed by atoms with Crippen molar-refractivity contribution in [1.29, 1.82) is 0 Å². The Kier molecular flexibility index (Phi) is 5.04. The van der Waals surface area contributed by atoms with Crippen molar-refractivity contribution < 1.29 is 4.79 Å². The lowest BCUT2D eigenvalue weighted by atomic mass is 9.86. The molecule has 1 N–H and O–H groups in total. The van der Waals surface area contributed by atoms with Gasteiger partial charge in [0, 0.05) is 31.6 Å². The molecule has 18 heavy (non-hydrogen) atoms. The molecule has 1 aliphatic heterocycles. The molecule has 2 rings (SSSR count). The van der Waals surface area contributed by atoms with Gasteiger partial charge in [0.1, 0.15) is 0 Å². The summed E-state index contributed by atoms with van der Waals surface area (Å²) in [5, 5.41) is 3.48. The zero-order valence-corrected chi connectivity index (χ0v) is 12.0.